The molecule has 22 nitrogen and oxygen atoms in total. The van der Waals surface area contributed by atoms with Gasteiger partial charge in [0.05, 0.1) is 33.9 Å². The number of pyridine rings is 2. The van der Waals surface area contributed by atoms with E-state index in [-0.39, 0.29) is 35.9 Å². The monoisotopic (exact) mass is 1310 g/mol. The molecule has 0 unspecified atom stereocenters. The number of aromatic nitrogens is 2. The van der Waals surface area contributed by atoms with Crippen molar-refractivity contribution in [1.82, 2.24) is 46.8 Å². The number of aliphatic carboxylic acids is 1. The van der Waals surface area contributed by atoms with Gasteiger partial charge in [0.2, 0.25) is 21.5 Å². The number of nitrogens with one attached hydrogen (secondary N) is 5. The van der Waals surface area contributed by atoms with Gasteiger partial charge in [-0.05, 0) is 128 Å². The number of alkyl halides is 3. The molecule has 8 atom stereocenters. The summed E-state index contributed by atoms with van der Waals surface area (Å²) in [4.78, 5) is 124. The summed E-state index contributed by atoms with van der Waals surface area (Å²) in [7, 11) is 0. The number of ketones is 1. The molecule has 5 amide bonds. The number of hydrazine groups is 2. The fraction of sp³-hybridized carbons (Fsp3) is 0.523. The molecule has 2 fully saturated rings. The highest BCUT2D eigenvalue weighted by Gasteiger charge is 2.38. The molecule has 0 saturated carbocycles. The number of carbonyl (C=O) groups is 9. The van der Waals surface area contributed by atoms with Crippen LogP contribution in [0.2, 0.25) is 0 Å². The van der Waals surface area contributed by atoms with Crippen LogP contribution in [0.3, 0.4) is 0 Å². The van der Waals surface area contributed by atoms with Crippen molar-refractivity contribution in [2.45, 2.75) is 168 Å². The Kier molecular flexibility index (Phi) is 26.4. The van der Waals surface area contributed by atoms with Crippen LogP contribution in [0.4, 0.5) is 0 Å². The average molecular weight is 1310 g/mol. The van der Waals surface area contributed by atoms with Gasteiger partial charge in [0.15, 0.2) is 0 Å². The third-order valence-corrected chi connectivity index (χ3v) is 15.8. The van der Waals surface area contributed by atoms with Crippen molar-refractivity contribution < 1.29 is 62.8 Å². The first-order chi connectivity index (χ1) is 42.0. The van der Waals surface area contributed by atoms with Crippen molar-refractivity contribution in [3.63, 3.8) is 0 Å². The molecule has 6 rings (SSSR count). The van der Waals surface area contributed by atoms with E-state index in [2.05, 4.69) is 36.8 Å². The standard InChI is InChI=1S/C35H45Cl3N4O7.C30H41N5O6/c1-20(2)26(31(45)39-21(3)32(46)42-16-8-9-28(41-42)33(47)48-19-35(36,37)38)18-30(44)34(6,7)15-14-24-10-11-25-12-13-27(40-29(25)17-24)22(4)49-23(5)43;1-17(2)25(26(37)31-18(3)27(38)35-15-7-8-23(34-35)28(39)40)33-29(41)30(5,6)14-13-20-9-10-21-11-12-22(19(4)36)32-24(21)16-20/h10-15,17,20-22,26,28,41H,8-9,16,18-19H2,1-7H3,(H,39,45);9-14,16-19,23,25,34,36H,7-8,15H2,1-6H3,(H,31,37)(H,33,41)(H,39,40)/b15-14+;14-13+/t21-,22+,26-,28-;18-,19+,23-,25-/m00/s1. The van der Waals surface area contributed by atoms with E-state index in [0.717, 1.165) is 32.9 Å². The van der Waals surface area contributed by atoms with E-state index in [4.69, 9.17) is 44.3 Å². The van der Waals surface area contributed by atoms with Gasteiger partial charge in [-0.25, -0.2) is 15.8 Å². The molecule has 4 aromatic rings. The van der Waals surface area contributed by atoms with Gasteiger partial charge in [0, 0.05) is 48.5 Å². The average Bonchev–Trinajstić information content (AvgIpc) is 1.79. The SMILES string of the molecule is CC(=O)O[C@H](C)c1ccc2ccc(/C=C/C(C)(C)C(=O)C[C@H](C(=O)N[C@@H](C)C(=O)N3CCC[C@@H](C(=O)OCC(Cl)(Cl)Cl)N3)C(C)C)cc2n1.CC(C)[C@H](NC(=O)C(C)(C)/C=C/c1ccc2ccc([C@@H](C)O)nc2c1)C(=O)N[C@@H](C)C(=O)N1CCC[C@@H](C(=O)O)N1. The minimum atomic E-state index is -1.76. The minimum Gasteiger partial charge on any atom is -0.480 e. The Balaban J connectivity index is 0.000000332. The maximum Gasteiger partial charge on any atom is 0.325 e. The maximum atomic E-state index is 13.6. The number of hydrogen-bond donors (Lipinski definition) is 7. The molecule has 25 heteroatoms. The fourth-order valence-electron chi connectivity index (χ4n) is 9.72. The Morgan fingerprint density at radius 1 is 0.667 bits per heavy atom. The topological polar surface area (TPSA) is 305 Å². The second kappa shape index (κ2) is 32.3. The zero-order valence-corrected chi connectivity index (χ0v) is 55.6. The van der Waals surface area contributed by atoms with E-state index in [0.29, 0.717) is 50.2 Å². The minimum absolute atomic E-state index is 0.0303. The number of halogens is 3. The zero-order valence-electron chi connectivity index (χ0n) is 53.3. The summed E-state index contributed by atoms with van der Waals surface area (Å²) in [6.07, 6.45) is 7.90. The Bertz CT molecular complexity index is 3330. The molecular weight excluding hydrogens is 1220 g/mol. The lowest BCUT2D eigenvalue weighted by atomic mass is 9.79. The largest absolute Gasteiger partial charge is 0.480 e. The lowest BCUT2D eigenvalue weighted by molar-refractivity contribution is -0.153. The molecule has 0 bridgehead atoms. The number of carboxylic acids is 1. The molecule has 7 N–H and O–H groups in total. The number of amides is 5. The lowest BCUT2D eigenvalue weighted by Gasteiger charge is -2.34. The van der Waals surface area contributed by atoms with Crippen LogP contribution >= 0.6 is 34.8 Å². The third kappa shape index (κ3) is 21.5. The molecule has 2 aromatic heterocycles. The quantitative estimate of drug-likeness (QED) is 0.0270. The van der Waals surface area contributed by atoms with Crippen LogP contribution in [-0.4, -0.2) is 137 Å². The second-order valence-corrected chi connectivity index (χ2v) is 27.3. The third-order valence-electron chi connectivity index (χ3n) is 15.5. The van der Waals surface area contributed by atoms with Crippen LogP contribution < -0.4 is 26.8 Å². The first-order valence-corrected chi connectivity index (χ1v) is 31.2. The van der Waals surface area contributed by atoms with Crippen LogP contribution in [0.1, 0.15) is 157 Å². The number of hydrogen-bond acceptors (Lipinski definition) is 16. The first kappa shape index (κ1) is 73.7. The van der Waals surface area contributed by atoms with Crippen LogP contribution in [0.5, 0.6) is 0 Å². The van der Waals surface area contributed by atoms with Gasteiger partial charge < -0.3 is 35.6 Å². The summed E-state index contributed by atoms with van der Waals surface area (Å²) >= 11 is 17.0. The summed E-state index contributed by atoms with van der Waals surface area (Å²) in [5.74, 6) is -5.54. The van der Waals surface area contributed by atoms with Gasteiger partial charge in [-0.3, -0.25) is 58.2 Å². The number of carbonyl (C=O) groups excluding carboxylic acids is 8. The molecule has 90 heavy (non-hydrogen) atoms. The highest BCUT2D eigenvalue weighted by atomic mass is 35.6. The van der Waals surface area contributed by atoms with E-state index >= 15 is 0 Å². The van der Waals surface area contributed by atoms with Crippen LogP contribution in [-0.2, 0) is 52.6 Å². The van der Waals surface area contributed by atoms with Gasteiger partial charge in [-0.2, -0.15) is 0 Å². The number of fused-ring (bicyclic) bond motifs is 2. The number of aliphatic hydroxyl groups excluding tert-OH is 1. The number of esters is 2. The number of nitrogens with zero attached hydrogens (tertiary/aromatic N) is 4. The van der Waals surface area contributed by atoms with Crippen molar-refractivity contribution in [2.24, 2.45) is 28.6 Å². The maximum absolute atomic E-state index is 13.6. The Morgan fingerprint density at radius 2 is 1.14 bits per heavy atom. The number of Topliss-reactive ketones (excluding diaryl/α,β-unsaturated/α-hetero) is 1. The molecule has 2 aliphatic rings. The number of carboxylic acid groups (broad SMARTS) is 1. The first-order valence-electron chi connectivity index (χ1n) is 30.1. The normalized spacial score (nSPS) is 17.8. The number of rotatable bonds is 23. The van der Waals surface area contributed by atoms with Gasteiger partial charge in [0.1, 0.15) is 48.7 Å². The summed E-state index contributed by atoms with van der Waals surface area (Å²) in [5.41, 5.74) is 7.98. The van der Waals surface area contributed by atoms with Gasteiger partial charge in [-0.15, -0.1) is 0 Å². The summed E-state index contributed by atoms with van der Waals surface area (Å²) < 4.78 is 8.55. The Labute approximate surface area is 540 Å². The Morgan fingerprint density at radius 3 is 1.63 bits per heavy atom. The number of aliphatic hydroxyl groups is 1. The van der Waals surface area contributed by atoms with Crippen molar-refractivity contribution in [3.8, 4) is 0 Å². The highest BCUT2D eigenvalue weighted by Crippen LogP contribution is 2.30. The van der Waals surface area contributed by atoms with Gasteiger partial charge in [-0.1, -0.05) is 123 Å². The molecule has 490 valence electrons. The van der Waals surface area contributed by atoms with E-state index in [1.807, 2.05) is 80.6 Å². The van der Waals surface area contributed by atoms with Crippen molar-refractivity contribution in [3.05, 3.63) is 95.3 Å². The molecule has 2 aliphatic heterocycles. The fourth-order valence-corrected chi connectivity index (χ4v) is 9.88. The highest BCUT2D eigenvalue weighted by molar-refractivity contribution is 6.67. The molecule has 4 heterocycles. The second-order valence-electron chi connectivity index (χ2n) is 24.7. The predicted molar refractivity (Wildman–Crippen MR) is 344 cm³/mol. The van der Waals surface area contributed by atoms with Gasteiger partial charge in [0.25, 0.3) is 11.8 Å². The van der Waals surface area contributed by atoms with Crippen LogP contribution in [0.25, 0.3) is 34.0 Å². The summed E-state index contributed by atoms with van der Waals surface area (Å²) in [5, 5.41) is 31.7. The van der Waals surface area contributed by atoms with E-state index in [1.165, 1.54) is 23.9 Å². The lowest BCUT2D eigenvalue weighted by Crippen LogP contribution is -2.61. The van der Waals surface area contributed by atoms with Crippen LogP contribution in [0, 0.1) is 28.6 Å². The molecule has 0 aliphatic carbocycles. The Hall–Kier alpha value is -7.08. The predicted octanol–water partition coefficient (Wildman–Crippen LogP) is 8.60. The number of ether oxygens (including phenoxy) is 2. The van der Waals surface area contributed by atoms with Crippen molar-refractivity contribution in [2.75, 3.05) is 19.7 Å². The van der Waals surface area contributed by atoms with Crippen molar-refractivity contribution in [1.29, 1.82) is 0 Å². The molecule has 2 saturated heterocycles. The number of benzene rings is 2. The van der Waals surface area contributed by atoms with Crippen molar-refractivity contribution >= 4 is 122 Å². The summed E-state index contributed by atoms with van der Waals surface area (Å²) in [6.45, 7) is 22.5. The zero-order chi connectivity index (χ0) is 67.2. The summed E-state index contributed by atoms with van der Waals surface area (Å²) in [6, 6.07) is 14.4. The number of allylic oxidation sites excluding steroid dienone is 1. The smallest absolute Gasteiger partial charge is 0.325 e. The molecule has 0 spiro atoms. The molecular formula is C65H86Cl3N9O13. The van der Waals surface area contributed by atoms with E-state index in [1.54, 1.807) is 80.5 Å². The molecule has 0 radical (unpaired) electrons. The van der Waals surface area contributed by atoms with E-state index < -0.39 is 105 Å². The van der Waals surface area contributed by atoms with Gasteiger partial charge >= 0.3 is 17.9 Å². The van der Waals surface area contributed by atoms with E-state index in [9.17, 15) is 53.4 Å². The van der Waals surface area contributed by atoms with Crippen LogP contribution in [0.15, 0.2) is 72.8 Å². The molecule has 2 aromatic carbocycles.